The molecule has 4 rings (SSSR count). The molecule has 3 aliphatic rings. The first kappa shape index (κ1) is 13.8. The summed E-state index contributed by atoms with van der Waals surface area (Å²) in [4.78, 5) is 14.7. The molecule has 0 spiro atoms. The third-order valence-electron chi connectivity index (χ3n) is 4.31. The van der Waals surface area contributed by atoms with Crippen molar-refractivity contribution >= 4 is 17.7 Å². The SMILES string of the molecule is COc1ccc(COC(=O)C2=C3C=CC3SC3CCN23)cc1. The zero-order valence-electron chi connectivity index (χ0n) is 12.3. The molecule has 4 nitrogen and oxygen atoms in total. The van der Waals surface area contributed by atoms with E-state index in [4.69, 9.17) is 9.47 Å². The van der Waals surface area contributed by atoms with Crippen LogP contribution in [0.4, 0.5) is 0 Å². The van der Waals surface area contributed by atoms with E-state index in [9.17, 15) is 4.79 Å². The van der Waals surface area contributed by atoms with Crippen molar-refractivity contribution in [3.8, 4) is 5.75 Å². The van der Waals surface area contributed by atoms with E-state index in [0.29, 0.717) is 17.2 Å². The fourth-order valence-corrected chi connectivity index (χ4v) is 4.32. The summed E-state index contributed by atoms with van der Waals surface area (Å²) in [6.45, 7) is 1.24. The second-order valence-corrected chi connectivity index (χ2v) is 6.90. The molecule has 0 amide bonds. The standard InChI is InChI=1S/C17H17NO3S/c1-20-12-4-2-11(3-5-12)10-21-17(19)16-13-6-7-14(13)22-15-8-9-18(15)16/h2-7,14-15H,8-10H2,1H3. The van der Waals surface area contributed by atoms with Crippen molar-refractivity contribution in [1.29, 1.82) is 0 Å². The highest BCUT2D eigenvalue weighted by Gasteiger charge is 2.44. The molecule has 0 aromatic heterocycles. The van der Waals surface area contributed by atoms with Crippen LogP contribution in [0, 0.1) is 0 Å². The summed E-state index contributed by atoms with van der Waals surface area (Å²) in [5.41, 5.74) is 2.86. The van der Waals surface area contributed by atoms with E-state index in [1.54, 1.807) is 7.11 Å². The maximum absolute atomic E-state index is 12.5. The van der Waals surface area contributed by atoms with E-state index in [1.807, 2.05) is 42.1 Å². The largest absolute Gasteiger partial charge is 0.497 e. The Morgan fingerprint density at radius 3 is 2.77 bits per heavy atom. The second kappa shape index (κ2) is 5.39. The number of rotatable bonds is 4. The van der Waals surface area contributed by atoms with Crippen molar-refractivity contribution in [2.45, 2.75) is 23.7 Å². The summed E-state index contributed by atoms with van der Waals surface area (Å²) in [5, 5.41) is 0.826. The Hall–Kier alpha value is -1.88. The van der Waals surface area contributed by atoms with Crippen LogP contribution in [0.1, 0.15) is 12.0 Å². The van der Waals surface area contributed by atoms with E-state index < -0.39 is 0 Å². The van der Waals surface area contributed by atoms with Gasteiger partial charge in [0.2, 0.25) is 0 Å². The highest BCUT2D eigenvalue weighted by molar-refractivity contribution is 8.01. The van der Waals surface area contributed by atoms with E-state index >= 15 is 0 Å². The molecule has 0 radical (unpaired) electrons. The molecule has 114 valence electrons. The average molecular weight is 315 g/mol. The Balaban J connectivity index is 1.45. The molecule has 1 fully saturated rings. The number of nitrogens with zero attached hydrogens (tertiary/aromatic N) is 1. The van der Waals surface area contributed by atoms with Gasteiger partial charge in [0.15, 0.2) is 0 Å². The molecule has 0 N–H and O–H groups in total. The predicted octanol–water partition coefficient (Wildman–Crippen LogP) is 2.71. The number of fused-ring (bicyclic) bond motifs is 2. The van der Waals surface area contributed by atoms with Gasteiger partial charge in [0.05, 0.1) is 17.7 Å². The summed E-state index contributed by atoms with van der Waals surface area (Å²) < 4.78 is 10.6. The van der Waals surface area contributed by atoms with Gasteiger partial charge in [0, 0.05) is 6.54 Å². The van der Waals surface area contributed by atoms with Gasteiger partial charge in [-0.15, -0.1) is 11.8 Å². The number of esters is 1. The normalized spacial score (nSPS) is 24.9. The third kappa shape index (κ3) is 2.20. The number of thioether (sulfide) groups is 1. The van der Waals surface area contributed by atoms with Crippen LogP contribution < -0.4 is 4.74 Å². The molecule has 1 aromatic rings. The predicted molar refractivity (Wildman–Crippen MR) is 85.4 cm³/mol. The Bertz CT molecular complexity index is 665. The molecule has 0 bridgehead atoms. The Kier molecular flexibility index (Phi) is 3.37. The van der Waals surface area contributed by atoms with Crippen molar-refractivity contribution in [1.82, 2.24) is 4.90 Å². The van der Waals surface area contributed by atoms with E-state index in [1.165, 1.54) is 0 Å². The van der Waals surface area contributed by atoms with Crippen molar-refractivity contribution < 1.29 is 14.3 Å². The van der Waals surface area contributed by atoms with Gasteiger partial charge in [0.25, 0.3) is 0 Å². The number of ether oxygens (including phenoxy) is 2. The smallest absolute Gasteiger partial charge is 0.355 e. The van der Waals surface area contributed by atoms with Gasteiger partial charge in [-0.1, -0.05) is 24.3 Å². The molecule has 2 heterocycles. The molecule has 1 aromatic carbocycles. The number of methoxy groups -OCH3 is 1. The summed E-state index contributed by atoms with van der Waals surface area (Å²) in [5.74, 6) is 0.598. The number of allylic oxidation sites excluding steroid dienone is 1. The minimum Gasteiger partial charge on any atom is -0.497 e. The molecular weight excluding hydrogens is 298 g/mol. The summed E-state index contributed by atoms with van der Waals surface area (Å²) in [6.07, 6.45) is 5.35. The van der Waals surface area contributed by atoms with Gasteiger partial charge in [-0.05, 0) is 29.7 Å². The average Bonchev–Trinajstić information content (AvgIpc) is 2.49. The number of benzene rings is 1. The van der Waals surface area contributed by atoms with Crippen molar-refractivity contribution in [2.24, 2.45) is 0 Å². The lowest BCUT2D eigenvalue weighted by Gasteiger charge is -2.50. The molecule has 2 aliphatic heterocycles. The Morgan fingerprint density at radius 1 is 1.36 bits per heavy atom. The van der Waals surface area contributed by atoms with Gasteiger partial charge in [-0.25, -0.2) is 4.79 Å². The number of carbonyl (C=O) groups is 1. The van der Waals surface area contributed by atoms with Crippen LogP contribution in [0.5, 0.6) is 5.75 Å². The fourth-order valence-electron chi connectivity index (χ4n) is 2.87. The minimum atomic E-state index is -0.204. The lowest BCUT2D eigenvalue weighted by molar-refractivity contribution is -0.143. The monoisotopic (exact) mass is 315 g/mol. The molecule has 0 saturated carbocycles. The zero-order valence-corrected chi connectivity index (χ0v) is 13.1. The van der Waals surface area contributed by atoms with Gasteiger partial charge >= 0.3 is 5.97 Å². The van der Waals surface area contributed by atoms with Gasteiger partial charge in [-0.3, -0.25) is 0 Å². The number of hydrogen-bond donors (Lipinski definition) is 0. The van der Waals surface area contributed by atoms with Crippen molar-refractivity contribution in [3.63, 3.8) is 0 Å². The first-order chi connectivity index (χ1) is 10.8. The van der Waals surface area contributed by atoms with Crippen LogP contribution in [0.2, 0.25) is 0 Å². The molecular formula is C17H17NO3S. The van der Waals surface area contributed by atoms with Crippen LogP contribution in [0.3, 0.4) is 0 Å². The molecule has 22 heavy (non-hydrogen) atoms. The third-order valence-corrected chi connectivity index (χ3v) is 5.82. The Morgan fingerprint density at radius 2 is 2.18 bits per heavy atom. The van der Waals surface area contributed by atoms with Crippen LogP contribution in [0.25, 0.3) is 0 Å². The van der Waals surface area contributed by atoms with E-state index in [2.05, 4.69) is 11.0 Å². The highest BCUT2D eigenvalue weighted by Crippen LogP contribution is 2.47. The first-order valence-corrected chi connectivity index (χ1v) is 8.35. The summed E-state index contributed by atoms with van der Waals surface area (Å²) >= 11 is 1.93. The van der Waals surface area contributed by atoms with Crippen LogP contribution in [-0.2, 0) is 16.1 Å². The number of hydrogen-bond acceptors (Lipinski definition) is 5. The van der Waals surface area contributed by atoms with Crippen LogP contribution in [-0.4, -0.2) is 35.1 Å². The quantitative estimate of drug-likeness (QED) is 0.799. The summed E-state index contributed by atoms with van der Waals surface area (Å²) in [7, 11) is 1.63. The van der Waals surface area contributed by atoms with E-state index in [-0.39, 0.29) is 5.97 Å². The van der Waals surface area contributed by atoms with Crippen molar-refractivity contribution in [3.05, 3.63) is 53.3 Å². The maximum Gasteiger partial charge on any atom is 0.355 e. The molecule has 5 heteroatoms. The lowest BCUT2D eigenvalue weighted by Crippen LogP contribution is -2.52. The van der Waals surface area contributed by atoms with Gasteiger partial charge in [-0.2, -0.15) is 0 Å². The van der Waals surface area contributed by atoms with Gasteiger partial charge in [0.1, 0.15) is 18.1 Å². The minimum absolute atomic E-state index is 0.204. The van der Waals surface area contributed by atoms with Gasteiger partial charge < -0.3 is 14.4 Å². The molecule has 1 aliphatic carbocycles. The fraction of sp³-hybridized carbons (Fsp3) is 0.353. The van der Waals surface area contributed by atoms with Crippen molar-refractivity contribution in [2.75, 3.05) is 13.7 Å². The Labute approximate surface area is 133 Å². The highest BCUT2D eigenvalue weighted by atomic mass is 32.2. The van der Waals surface area contributed by atoms with Crippen LogP contribution >= 0.6 is 11.8 Å². The topological polar surface area (TPSA) is 38.8 Å². The lowest BCUT2D eigenvalue weighted by atomic mass is 9.96. The first-order valence-electron chi connectivity index (χ1n) is 7.41. The van der Waals surface area contributed by atoms with Crippen LogP contribution in [0.15, 0.2) is 47.7 Å². The molecule has 2 unspecified atom stereocenters. The second-order valence-electron chi connectivity index (χ2n) is 5.58. The zero-order chi connectivity index (χ0) is 15.1. The summed E-state index contributed by atoms with van der Waals surface area (Å²) in [6, 6.07) is 7.58. The maximum atomic E-state index is 12.5. The van der Waals surface area contributed by atoms with E-state index in [0.717, 1.165) is 35.5 Å². The number of carbonyl (C=O) groups excluding carboxylic acids is 1. The molecule has 1 saturated heterocycles. The molecule has 2 atom stereocenters.